The van der Waals surface area contributed by atoms with Gasteiger partial charge in [-0.15, -0.1) is 11.8 Å². The second-order valence-corrected chi connectivity index (χ2v) is 5.01. The molecule has 0 saturated carbocycles. The number of ketones is 1. The topological polar surface area (TPSA) is 17.1 Å². The summed E-state index contributed by atoms with van der Waals surface area (Å²) < 4.78 is 0. The first-order valence-corrected chi connectivity index (χ1v) is 6.32. The first-order valence-electron chi connectivity index (χ1n) is 5.33. The zero-order valence-electron chi connectivity index (χ0n) is 9.54. The summed E-state index contributed by atoms with van der Waals surface area (Å²) >= 11 is 1.61. The van der Waals surface area contributed by atoms with Crippen molar-refractivity contribution < 1.29 is 4.79 Å². The number of hydrogen-bond donors (Lipinski definition) is 0. The van der Waals surface area contributed by atoms with Gasteiger partial charge in [-0.3, -0.25) is 4.79 Å². The summed E-state index contributed by atoms with van der Waals surface area (Å²) in [6.45, 7) is 8.12. The molecule has 0 atom stereocenters. The van der Waals surface area contributed by atoms with E-state index in [0.29, 0.717) is 0 Å². The predicted octanol–water partition coefficient (Wildman–Crippen LogP) is 3.92. The van der Waals surface area contributed by atoms with E-state index in [1.165, 1.54) is 0 Å². The van der Waals surface area contributed by atoms with Gasteiger partial charge in [0.25, 0.3) is 0 Å². The van der Waals surface area contributed by atoms with Crippen LogP contribution in [0.1, 0.15) is 29.8 Å². The molecule has 82 valence electrons. The fourth-order valence-corrected chi connectivity index (χ4v) is 2.76. The Morgan fingerprint density at radius 2 is 1.88 bits per heavy atom. The van der Waals surface area contributed by atoms with Crippen LogP contribution in [-0.4, -0.2) is 11.5 Å². The molecule has 16 heavy (non-hydrogen) atoms. The zero-order chi connectivity index (χ0) is 11.7. The summed E-state index contributed by atoms with van der Waals surface area (Å²) in [5, 5.41) is 0. The van der Waals surface area contributed by atoms with E-state index in [4.69, 9.17) is 0 Å². The summed E-state index contributed by atoms with van der Waals surface area (Å²) in [6.07, 6.45) is 0. The molecule has 0 fully saturated rings. The number of carbonyl (C=O) groups excluding carboxylic acids is 1. The Morgan fingerprint density at radius 1 is 1.25 bits per heavy atom. The van der Waals surface area contributed by atoms with Crippen LogP contribution in [0.4, 0.5) is 0 Å². The Balaban J connectivity index is 2.58. The van der Waals surface area contributed by atoms with Crippen molar-refractivity contribution in [3.63, 3.8) is 0 Å². The van der Waals surface area contributed by atoms with Gasteiger partial charge in [-0.05, 0) is 29.4 Å². The molecule has 0 radical (unpaired) electrons. The first-order chi connectivity index (χ1) is 7.66. The van der Waals surface area contributed by atoms with Gasteiger partial charge in [0.05, 0.1) is 4.91 Å². The maximum Gasteiger partial charge on any atom is 0.200 e. The molecule has 0 unspecified atom stereocenters. The van der Waals surface area contributed by atoms with Crippen LogP contribution in [0.3, 0.4) is 0 Å². The minimum Gasteiger partial charge on any atom is -0.288 e. The Hall–Kier alpha value is -1.28. The second-order valence-electron chi connectivity index (χ2n) is 3.74. The maximum atomic E-state index is 12.2. The predicted molar refractivity (Wildman–Crippen MR) is 70.6 cm³/mol. The minimum atomic E-state index is 0.146. The number of benzene rings is 1. The van der Waals surface area contributed by atoms with Crippen molar-refractivity contribution >= 4 is 23.1 Å². The molecule has 2 heteroatoms. The molecule has 1 aromatic carbocycles. The van der Waals surface area contributed by atoms with E-state index < -0.39 is 0 Å². The van der Waals surface area contributed by atoms with E-state index in [1.54, 1.807) is 11.8 Å². The van der Waals surface area contributed by atoms with Gasteiger partial charge in [0, 0.05) is 5.56 Å². The van der Waals surface area contributed by atoms with Gasteiger partial charge in [-0.1, -0.05) is 37.8 Å². The maximum absolute atomic E-state index is 12.2. The van der Waals surface area contributed by atoms with Crippen LogP contribution in [0, 0.1) is 0 Å². The molecular formula is C14H14OS. The molecule has 0 N–H and O–H groups in total. The summed E-state index contributed by atoms with van der Waals surface area (Å²) in [5.41, 5.74) is 3.77. The molecule has 0 aliphatic heterocycles. The average molecular weight is 230 g/mol. The fraction of sp³-hybridized carbons (Fsp3) is 0.214. The van der Waals surface area contributed by atoms with E-state index >= 15 is 0 Å². The van der Waals surface area contributed by atoms with Gasteiger partial charge >= 0.3 is 0 Å². The van der Waals surface area contributed by atoms with Gasteiger partial charge in [-0.25, -0.2) is 0 Å². The van der Waals surface area contributed by atoms with Crippen LogP contribution < -0.4 is 0 Å². The Kier molecular flexibility index (Phi) is 3.01. The normalized spacial score (nSPS) is 15.4. The lowest BCUT2D eigenvalue weighted by atomic mass is 9.88. The van der Waals surface area contributed by atoms with Crippen LogP contribution in [0.25, 0.3) is 5.57 Å². The molecule has 1 aliphatic carbocycles. The Bertz CT molecular complexity index is 497. The van der Waals surface area contributed by atoms with Crippen molar-refractivity contribution in [3.8, 4) is 0 Å². The number of hydrogen-bond acceptors (Lipinski definition) is 2. The van der Waals surface area contributed by atoms with Gasteiger partial charge in [0.1, 0.15) is 0 Å². The highest BCUT2D eigenvalue weighted by Crippen LogP contribution is 2.38. The largest absolute Gasteiger partial charge is 0.288 e. The summed E-state index contributed by atoms with van der Waals surface area (Å²) in [4.78, 5) is 13.1. The number of Topliss-reactive ketones (excluding diaryl/α,β-unsaturated/α-hetero) is 1. The van der Waals surface area contributed by atoms with Gasteiger partial charge in [0.2, 0.25) is 0 Å². The zero-order valence-corrected chi connectivity index (χ0v) is 10.4. The number of fused-ring (bicyclic) bond motifs is 1. The second kappa shape index (κ2) is 4.30. The lowest BCUT2D eigenvalue weighted by molar-refractivity contribution is 0.104. The van der Waals surface area contributed by atoms with Crippen molar-refractivity contribution in [3.05, 3.63) is 52.4 Å². The van der Waals surface area contributed by atoms with Crippen LogP contribution in [0.15, 0.2) is 41.3 Å². The smallest absolute Gasteiger partial charge is 0.200 e. The summed E-state index contributed by atoms with van der Waals surface area (Å²) in [7, 11) is 0. The van der Waals surface area contributed by atoms with Gasteiger partial charge in [0.15, 0.2) is 5.78 Å². The van der Waals surface area contributed by atoms with Crippen LogP contribution in [0.2, 0.25) is 0 Å². The SMILES string of the molecule is C=C1C(C)=C(SCC)C(=O)c2ccccc21. The molecule has 1 nitrogen and oxygen atoms in total. The monoisotopic (exact) mass is 230 g/mol. The first kappa shape index (κ1) is 11.2. The molecule has 2 rings (SSSR count). The van der Waals surface area contributed by atoms with Crippen LogP contribution in [-0.2, 0) is 0 Å². The summed E-state index contributed by atoms with van der Waals surface area (Å²) in [6, 6.07) is 7.69. The number of carbonyl (C=O) groups is 1. The lowest BCUT2D eigenvalue weighted by Crippen LogP contribution is -2.12. The van der Waals surface area contributed by atoms with E-state index in [9.17, 15) is 4.79 Å². The van der Waals surface area contributed by atoms with Crippen LogP contribution in [0.5, 0.6) is 0 Å². The highest BCUT2D eigenvalue weighted by atomic mass is 32.2. The molecule has 0 bridgehead atoms. The standard InChI is InChI=1S/C14H14OS/c1-4-16-14-10(3)9(2)11-7-5-6-8-12(11)13(14)15/h5-8H,2,4H2,1,3H3. The number of allylic oxidation sites excluding steroid dienone is 3. The van der Waals surface area contributed by atoms with Gasteiger partial charge in [-0.2, -0.15) is 0 Å². The molecule has 1 aromatic rings. The van der Waals surface area contributed by atoms with Gasteiger partial charge < -0.3 is 0 Å². The Morgan fingerprint density at radius 3 is 2.50 bits per heavy atom. The highest BCUT2D eigenvalue weighted by molar-refractivity contribution is 8.04. The van der Waals surface area contributed by atoms with Crippen molar-refractivity contribution in [1.82, 2.24) is 0 Å². The number of thioether (sulfide) groups is 1. The van der Waals surface area contributed by atoms with E-state index in [2.05, 4.69) is 13.5 Å². The molecule has 0 amide bonds. The third-order valence-corrected chi connectivity index (χ3v) is 3.85. The Labute approximate surface area is 100 Å². The highest BCUT2D eigenvalue weighted by Gasteiger charge is 2.25. The molecule has 0 aromatic heterocycles. The van der Waals surface area contributed by atoms with Crippen LogP contribution >= 0.6 is 11.8 Å². The molecule has 1 aliphatic rings. The van der Waals surface area contributed by atoms with E-state index in [0.717, 1.165) is 32.9 Å². The quantitative estimate of drug-likeness (QED) is 0.766. The molecular weight excluding hydrogens is 216 g/mol. The molecule has 0 heterocycles. The van der Waals surface area contributed by atoms with Crippen molar-refractivity contribution in [2.24, 2.45) is 0 Å². The average Bonchev–Trinajstić information content (AvgIpc) is 2.32. The fourth-order valence-electron chi connectivity index (χ4n) is 1.89. The third kappa shape index (κ3) is 1.63. The van der Waals surface area contributed by atoms with E-state index in [1.807, 2.05) is 31.2 Å². The summed E-state index contributed by atoms with van der Waals surface area (Å²) in [5.74, 6) is 1.06. The van der Waals surface area contributed by atoms with Crippen molar-refractivity contribution in [2.45, 2.75) is 13.8 Å². The molecule has 0 spiro atoms. The third-order valence-electron chi connectivity index (χ3n) is 2.78. The number of rotatable bonds is 2. The molecule has 0 saturated heterocycles. The van der Waals surface area contributed by atoms with Crippen molar-refractivity contribution in [2.75, 3.05) is 5.75 Å². The lowest BCUT2D eigenvalue weighted by Gasteiger charge is -2.21. The minimum absolute atomic E-state index is 0.146. The van der Waals surface area contributed by atoms with E-state index in [-0.39, 0.29) is 5.78 Å². The van der Waals surface area contributed by atoms with Crippen molar-refractivity contribution in [1.29, 1.82) is 0 Å².